The lowest BCUT2D eigenvalue weighted by molar-refractivity contribution is -0.117. The molecule has 0 aromatic heterocycles. The first-order valence-electron chi connectivity index (χ1n) is 7.22. The van der Waals surface area contributed by atoms with Crippen LogP contribution in [0, 0.1) is 18.3 Å². The molecule has 2 aromatic carbocycles. The number of amides is 1. The third-order valence-electron chi connectivity index (χ3n) is 3.37. The number of rotatable bonds is 5. The van der Waals surface area contributed by atoms with Crippen molar-refractivity contribution in [2.45, 2.75) is 13.5 Å². The summed E-state index contributed by atoms with van der Waals surface area (Å²) < 4.78 is 5.09. The van der Waals surface area contributed by atoms with Crippen LogP contribution in [0.2, 0.25) is 0 Å². The molecular weight excluding hydrogens is 288 g/mol. The van der Waals surface area contributed by atoms with Gasteiger partial charge in [-0.05, 0) is 36.3 Å². The topological polar surface area (TPSA) is 62.1 Å². The lowest BCUT2D eigenvalue weighted by Gasteiger charge is -2.06. The minimum atomic E-state index is -0.385. The summed E-state index contributed by atoms with van der Waals surface area (Å²) >= 11 is 0. The van der Waals surface area contributed by atoms with Gasteiger partial charge in [0.25, 0.3) is 5.91 Å². The Labute approximate surface area is 136 Å². The van der Waals surface area contributed by atoms with Gasteiger partial charge in [-0.25, -0.2) is 0 Å². The molecule has 0 fully saturated rings. The fraction of sp³-hybridized carbons (Fsp3) is 0.158. The Bertz CT molecular complexity index is 738. The van der Waals surface area contributed by atoms with E-state index in [9.17, 15) is 10.1 Å². The van der Waals surface area contributed by atoms with Crippen LogP contribution < -0.4 is 10.1 Å². The standard InChI is InChI=1S/C19H18N2O2/c1-14-3-5-15(6-4-14)11-17(12-20)19(22)21-13-16-7-9-18(23-2)10-8-16/h3-11H,13H2,1-2H3,(H,21,22)/b17-11-. The summed E-state index contributed by atoms with van der Waals surface area (Å²) in [7, 11) is 1.60. The first-order chi connectivity index (χ1) is 11.1. The third-order valence-corrected chi connectivity index (χ3v) is 3.37. The van der Waals surface area contributed by atoms with E-state index >= 15 is 0 Å². The van der Waals surface area contributed by atoms with Crippen LogP contribution >= 0.6 is 0 Å². The summed E-state index contributed by atoms with van der Waals surface area (Å²) in [6.45, 7) is 2.34. The minimum absolute atomic E-state index is 0.0855. The minimum Gasteiger partial charge on any atom is -0.497 e. The molecule has 1 N–H and O–H groups in total. The number of ether oxygens (including phenoxy) is 1. The molecule has 0 spiro atoms. The van der Waals surface area contributed by atoms with Crippen LogP contribution in [0.1, 0.15) is 16.7 Å². The van der Waals surface area contributed by atoms with Crippen molar-refractivity contribution in [3.05, 3.63) is 70.8 Å². The van der Waals surface area contributed by atoms with Crippen LogP contribution in [0.4, 0.5) is 0 Å². The van der Waals surface area contributed by atoms with Crippen molar-refractivity contribution in [2.75, 3.05) is 7.11 Å². The van der Waals surface area contributed by atoms with Gasteiger partial charge in [0.1, 0.15) is 17.4 Å². The van der Waals surface area contributed by atoms with Crippen LogP contribution in [-0.4, -0.2) is 13.0 Å². The van der Waals surface area contributed by atoms with E-state index in [1.807, 2.05) is 61.5 Å². The number of hydrogen-bond acceptors (Lipinski definition) is 3. The summed E-state index contributed by atoms with van der Waals surface area (Å²) in [5.41, 5.74) is 2.98. The molecule has 0 atom stereocenters. The van der Waals surface area contributed by atoms with Crippen molar-refractivity contribution in [3.63, 3.8) is 0 Å². The van der Waals surface area contributed by atoms with Crippen LogP contribution in [0.25, 0.3) is 6.08 Å². The van der Waals surface area contributed by atoms with Gasteiger partial charge < -0.3 is 10.1 Å². The Balaban J connectivity index is 2.02. The summed E-state index contributed by atoms with van der Waals surface area (Å²) in [6.07, 6.45) is 1.59. The van der Waals surface area contributed by atoms with Crippen molar-refractivity contribution in [1.29, 1.82) is 5.26 Å². The number of nitriles is 1. The average molecular weight is 306 g/mol. The van der Waals surface area contributed by atoms with Gasteiger partial charge in [-0.3, -0.25) is 4.79 Å². The van der Waals surface area contributed by atoms with Gasteiger partial charge in [0.2, 0.25) is 0 Å². The van der Waals surface area contributed by atoms with E-state index in [4.69, 9.17) is 4.74 Å². The highest BCUT2D eigenvalue weighted by Crippen LogP contribution is 2.12. The van der Waals surface area contributed by atoms with E-state index in [0.717, 1.165) is 22.4 Å². The number of nitrogens with one attached hydrogen (secondary N) is 1. The lowest BCUT2D eigenvalue weighted by atomic mass is 10.1. The predicted octanol–water partition coefficient (Wildman–Crippen LogP) is 3.23. The highest BCUT2D eigenvalue weighted by molar-refractivity contribution is 6.01. The van der Waals surface area contributed by atoms with Crippen LogP contribution in [0.5, 0.6) is 5.75 Å². The van der Waals surface area contributed by atoms with E-state index in [1.54, 1.807) is 13.2 Å². The summed E-state index contributed by atoms with van der Waals surface area (Å²) in [4.78, 5) is 12.1. The fourth-order valence-corrected chi connectivity index (χ4v) is 2.00. The van der Waals surface area contributed by atoms with Crippen molar-refractivity contribution in [3.8, 4) is 11.8 Å². The predicted molar refractivity (Wildman–Crippen MR) is 89.6 cm³/mol. The Morgan fingerprint density at radius 3 is 2.39 bits per heavy atom. The average Bonchev–Trinajstić information content (AvgIpc) is 2.59. The maximum absolute atomic E-state index is 12.1. The highest BCUT2D eigenvalue weighted by Gasteiger charge is 2.08. The maximum atomic E-state index is 12.1. The molecule has 0 heterocycles. The van der Waals surface area contributed by atoms with Gasteiger partial charge in [-0.2, -0.15) is 5.26 Å². The van der Waals surface area contributed by atoms with Gasteiger partial charge in [-0.1, -0.05) is 42.0 Å². The van der Waals surface area contributed by atoms with Crippen LogP contribution in [-0.2, 0) is 11.3 Å². The van der Waals surface area contributed by atoms with Crippen molar-refractivity contribution < 1.29 is 9.53 Å². The number of methoxy groups -OCH3 is 1. The molecule has 0 aliphatic heterocycles. The van der Waals surface area contributed by atoms with E-state index in [2.05, 4.69) is 5.32 Å². The zero-order valence-electron chi connectivity index (χ0n) is 13.2. The number of carbonyl (C=O) groups excluding carboxylic acids is 1. The smallest absolute Gasteiger partial charge is 0.262 e. The Morgan fingerprint density at radius 1 is 1.17 bits per heavy atom. The van der Waals surface area contributed by atoms with Gasteiger partial charge >= 0.3 is 0 Å². The zero-order chi connectivity index (χ0) is 16.7. The SMILES string of the molecule is COc1ccc(CNC(=O)/C(C#N)=C\c2ccc(C)cc2)cc1. The molecule has 2 aromatic rings. The van der Waals surface area contributed by atoms with E-state index < -0.39 is 0 Å². The van der Waals surface area contributed by atoms with Gasteiger partial charge in [0.15, 0.2) is 0 Å². The quantitative estimate of drug-likeness (QED) is 0.681. The molecule has 4 nitrogen and oxygen atoms in total. The molecule has 0 unspecified atom stereocenters. The first-order valence-corrected chi connectivity index (χ1v) is 7.22. The number of aryl methyl sites for hydroxylation is 1. The van der Waals surface area contributed by atoms with Gasteiger partial charge in [-0.15, -0.1) is 0 Å². The Morgan fingerprint density at radius 2 is 1.83 bits per heavy atom. The van der Waals surface area contributed by atoms with Crippen molar-refractivity contribution >= 4 is 12.0 Å². The van der Waals surface area contributed by atoms with Crippen LogP contribution in [0.3, 0.4) is 0 Å². The normalized spacial score (nSPS) is 10.7. The first kappa shape index (κ1) is 16.3. The molecule has 0 saturated heterocycles. The molecule has 0 radical (unpaired) electrons. The molecule has 0 aliphatic rings. The maximum Gasteiger partial charge on any atom is 0.262 e. The number of benzene rings is 2. The summed E-state index contributed by atoms with van der Waals surface area (Å²) in [6, 6.07) is 17.0. The molecule has 0 saturated carbocycles. The Hall–Kier alpha value is -3.06. The zero-order valence-corrected chi connectivity index (χ0v) is 13.2. The second-order valence-electron chi connectivity index (χ2n) is 5.11. The largest absolute Gasteiger partial charge is 0.497 e. The number of carbonyl (C=O) groups is 1. The summed E-state index contributed by atoms with van der Waals surface area (Å²) in [5.74, 6) is 0.376. The molecule has 1 amide bonds. The Kier molecular flexibility index (Phi) is 5.54. The number of nitrogens with zero attached hydrogens (tertiary/aromatic N) is 1. The number of hydrogen-bond donors (Lipinski definition) is 1. The van der Waals surface area contributed by atoms with Gasteiger partial charge in [0, 0.05) is 6.54 Å². The molecule has 0 aliphatic carbocycles. The summed E-state index contributed by atoms with van der Waals surface area (Å²) in [5, 5.41) is 11.9. The van der Waals surface area contributed by atoms with E-state index in [-0.39, 0.29) is 11.5 Å². The molecule has 2 rings (SSSR count). The lowest BCUT2D eigenvalue weighted by Crippen LogP contribution is -2.23. The molecule has 116 valence electrons. The fourth-order valence-electron chi connectivity index (χ4n) is 2.00. The monoisotopic (exact) mass is 306 g/mol. The van der Waals surface area contributed by atoms with E-state index in [1.165, 1.54) is 0 Å². The molecule has 23 heavy (non-hydrogen) atoms. The van der Waals surface area contributed by atoms with Crippen molar-refractivity contribution in [1.82, 2.24) is 5.32 Å². The van der Waals surface area contributed by atoms with Gasteiger partial charge in [0.05, 0.1) is 7.11 Å². The molecule has 0 bridgehead atoms. The molecule has 4 heteroatoms. The third kappa shape index (κ3) is 4.72. The van der Waals surface area contributed by atoms with E-state index in [0.29, 0.717) is 6.54 Å². The second-order valence-corrected chi connectivity index (χ2v) is 5.11. The van der Waals surface area contributed by atoms with Crippen molar-refractivity contribution in [2.24, 2.45) is 0 Å². The highest BCUT2D eigenvalue weighted by atomic mass is 16.5. The van der Waals surface area contributed by atoms with Crippen LogP contribution in [0.15, 0.2) is 54.1 Å². The molecular formula is C19H18N2O2. The second kappa shape index (κ2) is 7.81.